The standard InChI is InChI=1S/C11H17B/c1-6-7-9(4)11(12)10(5)8(2)3/h6-7H,1-5H3/b7-6-,11-9+. The van der Waals surface area contributed by atoms with E-state index in [4.69, 9.17) is 7.85 Å². The molecule has 1 heteroatoms. The van der Waals surface area contributed by atoms with Crippen molar-refractivity contribution >= 4 is 7.85 Å². The number of rotatable bonds is 2. The highest BCUT2D eigenvalue weighted by atomic mass is 14.0. The Labute approximate surface area is 77.5 Å². The fraction of sp³-hybridized carbons (Fsp3) is 0.455. The van der Waals surface area contributed by atoms with Crippen LogP contribution in [0.25, 0.3) is 0 Å². The Hall–Kier alpha value is -0.715. The predicted molar refractivity (Wildman–Crippen MR) is 57.3 cm³/mol. The Balaban J connectivity index is 4.92. The summed E-state index contributed by atoms with van der Waals surface area (Å²) >= 11 is 0. The van der Waals surface area contributed by atoms with Crippen LogP contribution in [0.4, 0.5) is 0 Å². The predicted octanol–water partition coefficient (Wildman–Crippen LogP) is 3.36. The van der Waals surface area contributed by atoms with Gasteiger partial charge in [0.2, 0.25) is 0 Å². The third-order valence-electron chi connectivity index (χ3n) is 2.00. The average molecular weight is 160 g/mol. The first-order chi connectivity index (χ1) is 5.50. The lowest BCUT2D eigenvalue weighted by molar-refractivity contribution is 1.26. The lowest BCUT2D eigenvalue weighted by Crippen LogP contribution is -1.90. The molecule has 0 bridgehead atoms. The molecule has 0 rings (SSSR count). The molecule has 0 amide bonds. The summed E-state index contributed by atoms with van der Waals surface area (Å²) in [6.45, 7) is 10.2. The largest absolute Gasteiger partial charge is 0.114 e. The van der Waals surface area contributed by atoms with Crippen molar-refractivity contribution in [3.8, 4) is 0 Å². The number of hydrogen-bond acceptors (Lipinski definition) is 0. The van der Waals surface area contributed by atoms with E-state index < -0.39 is 0 Å². The van der Waals surface area contributed by atoms with Gasteiger partial charge in [-0.15, -0.1) is 0 Å². The van der Waals surface area contributed by atoms with Crippen LogP contribution in [-0.2, 0) is 0 Å². The summed E-state index contributed by atoms with van der Waals surface area (Å²) in [6.07, 6.45) is 4.03. The van der Waals surface area contributed by atoms with Gasteiger partial charge in [-0.3, -0.25) is 0 Å². The van der Waals surface area contributed by atoms with Gasteiger partial charge in [0, 0.05) is 0 Å². The molecule has 0 nitrogen and oxygen atoms in total. The fourth-order valence-corrected chi connectivity index (χ4v) is 0.905. The van der Waals surface area contributed by atoms with Crippen molar-refractivity contribution in [2.24, 2.45) is 0 Å². The zero-order valence-electron chi connectivity index (χ0n) is 8.73. The highest BCUT2D eigenvalue weighted by Crippen LogP contribution is 2.15. The third kappa shape index (κ3) is 3.12. The minimum Gasteiger partial charge on any atom is -0.0910 e. The lowest BCUT2D eigenvalue weighted by atomic mass is 9.83. The van der Waals surface area contributed by atoms with Crippen molar-refractivity contribution < 1.29 is 0 Å². The van der Waals surface area contributed by atoms with Crippen molar-refractivity contribution in [2.75, 3.05) is 0 Å². The molecule has 0 aromatic carbocycles. The smallest absolute Gasteiger partial charge is 0.0910 e. The summed E-state index contributed by atoms with van der Waals surface area (Å²) in [5, 5.41) is 0. The van der Waals surface area contributed by atoms with Crippen LogP contribution >= 0.6 is 0 Å². The van der Waals surface area contributed by atoms with Gasteiger partial charge in [0.25, 0.3) is 0 Å². The average Bonchev–Trinajstić information content (AvgIpc) is 2.02. The molecule has 0 aromatic rings. The van der Waals surface area contributed by atoms with Crippen LogP contribution in [0.1, 0.15) is 34.6 Å². The van der Waals surface area contributed by atoms with Crippen molar-refractivity contribution in [2.45, 2.75) is 34.6 Å². The molecule has 0 aromatic heterocycles. The van der Waals surface area contributed by atoms with Crippen molar-refractivity contribution in [3.05, 3.63) is 34.3 Å². The summed E-state index contributed by atoms with van der Waals surface area (Å²) in [6, 6.07) is 0. The first-order valence-electron chi connectivity index (χ1n) is 4.24. The maximum absolute atomic E-state index is 5.92. The monoisotopic (exact) mass is 160 g/mol. The van der Waals surface area contributed by atoms with Gasteiger partial charge >= 0.3 is 0 Å². The summed E-state index contributed by atoms with van der Waals surface area (Å²) < 4.78 is 0. The molecule has 0 aliphatic carbocycles. The van der Waals surface area contributed by atoms with E-state index >= 15 is 0 Å². The van der Waals surface area contributed by atoms with E-state index in [2.05, 4.69) is 20.8 Å². The molecule has 0 unspecified atom stereocenters. The van der Waals surface area contributed by atoms with Gasteiger partial charge in [-0.1, -0.05) is 34.3 Å². The zero-order valence-corrected chi connectivity index (χ0v) is 8.73. The lowest BCUT2D eigenvalue weighted by Gasteiger charge is -2.07. The van der Waals surface area contributed by atoms with Crippen molar-refractivity contribution in [1.29, 1.82) is 0 Å². The van der Waals surface area contributed by atoms with Crippen LogP contribution in [0.2, 0.25) is 0 Å². The molecule has 2 radical (unpaired) electrons. The molecule has 0 saturated carbocycles. The second kappa shape index (κ2) is 5.02. The van der Waals surface area contributed by atoms with Crippen LogP contribution < -0.4 is 0 Å². The van der Waals surface area contributed by atoms with Gasteiger partial charge in [-0.2, -0.15) is 0 Å². The molecule has 0 fully saturated rings. The van der Waals surface area contributed by atoms with Crippen LogP contribution in [0.15, 0.2) is 34.3 Å². The first-order valence-corrected chi connectivity index (χ1v) is 4.24. The second-order valence-corrected chi connectivity index (χ2v) is 3.22. The molecule has 0 aliphatic rings. The van der Waals surface area contributed by atoms with E-state index in [9.17, 15) is 0 Å². The fourth-order valence-electron chi connectivity index (χ4n) is 0.905. The van der Waals surface area contributed by atoms with E-state index in [-0.39, 0.29) is 0 Å². The van der Waals surface area contributed by atoms with Gasteiger partial charge < -0.3 is 0 Å². The quantitative estimate of drug-likeness (QED) is 0.429. The number of allylic oxidation sites excluding steroid dienone is 6. The minimum absolute atomic E-state index is 0.896. The van der Waals surface area contributed by atoms with Crippen molar-refractivity contribution in [1.82, 2.24) is 0 Å². The van der Waals surface area contributed by atoms with E-state index in [1.54, 1.807) is 0 Å². The van der Waals surface area contributed by atoms with E-state index in [1.807, 2.05) is 26.0 Å². The van der Waals surface area contributed by atoms with E-state index in [0.29, 0.717) is 0 Å². The first kappa shape index (κ1) is 11.3. The van der Waals surface area contributed by atoms with Gasteiger partial charge in [-0.25, -0.2) is 0 Å². The zero-order chi connectivity index (χ0) is 9.72. The van der Waals surface area contributed by atoms with Crippen LogP contribution in [0.3, 0.4) is 0 Å². The molecule has 0 atom stereocenters. The summed E-state index contributed by atoms with van der Waals surface area (Å²) in [7, 11) is 5.92. The van der Waals surface area contributed by atoms with Crippen LogP contribution in [0, 0.1) is 0 Å². The van der Waals surface area contributed by atoms with Crippen LogP contribution in [0.5, 0.6) is 0 Å². The van der Waals surface area contributed by atoms with E-state index in [0.717, 1.165) is 11.0 Å². The molecule has 0 spiro atoms. The Bertz CT molecular complexity index is 238. The van der Waals surface area contributed by atoms with Gasteiger partial charge in [-0.05, 0) is 34.6 Å². The summed E-state index contributed by atoms with van der Waals surface area (Å²) in [4.78, 5) is 0. The molecule has 0 aliphatic heterocycles. The summed E-state index contributed by atoms with van der Waals surface area (Å²) in [5.41, 5.74) is 4.49. The number of hydrogen-bond donors (Lipinski definition) is 0. The highest BCUT2D eigenvalue weighted by Gasteiger charge is 1.96. The van der Waals surface area contributed by atoms with Gasteiger partial charge in [0.1, 0.15) is 7.85 Å². The molecule has 12 heavy (non-hydrogen) atoms. The molecule has 0 heterocycles. The van der Waals surface area contributed by atoms with Crippen LogP contribution in [-0.4, -0.2) is 7.85 Å². The molecule has 0 saturated heterocycles. The maximum Gasteiger partial charge on any atom is 0.114 e. The Kier molecular flexibility index (Phi) is 4.72. The van der Waals surface area contributed by atoms with Gasteiger partial charge in [0.15, 0.2) is 0 Å². The Morgan fingerprint density at radius 2 is 1.58 bits per heavy atom. The Morgan fingerprint density at radius 1 is 1.08 bits per heavy atom. The second-order valence-electron chi connectivity index (χ2n) is 3.22. The molecule has 0 N–H and O–H groups in total. The maximum atomic E-state index is 5.92. The summed E-state index contributed by atoms with van der Waals surface area (Å²) in [5.74, 6) is 0. The SMILES string of the molecule is [B]/C(C(C)=C(C)C)=C(C)/C=C\C. The highest BCUT2D eigenvalue weighted by molar-refractivity contribution is 6.25. The topological polar surface area (TPSA) is 0 Å². The minimum atomic E-state index is 0.896. The van der Waals surface area contributed by atoms with E-state index in [1.165, 1.54) is 11.1 Å². The molecular weight excluding hydrogens is 143 g/mol. The van der Waals surface area contributed by atoms with Gasteiger partial charge in [0.05, 0.1) is 0 Å². The Morgan fingerprint density at radius 3 is 1.92 bits per heavy atom. The molecular formula is C11H17B. The van der Waals surface area contributed by atoms with Crippen molar-refractivity contribution in [3.63, 3.8) is 0 Å². The third-order valence-corrected chi connectivity index (χ3v) is 2.00. The molecule has 64 valence electrons. The normalized spacial score (nSPS) is 13.1.